The minimum Gasteiger partial charge on any atom is -0.504 e. The molecule has 2 N–H and O–H groups in total. The maximum absolute atomic E-state index is 11.0. The summed E-state index contributed by atoms with van der Waals surface area (Å²) in [5, 5.41) is 18.3. The fraction of sp³-hybridized carbons (Fsp3) is 0.400. The summed E-state index contributed by atoms with van der Waals surface area (Å²) in [7, 11) is 1.13. The van der Waals surface area contributed by atoms with Crippen molar-refractivity contribution in [3.05, 3.63) is 23.7 Å². The fourth-order valence-electron chi connectivity index (χ4n) is 0.789. The number of allylic oxidation sites excluding steroid dienone is 1. The van der Waals surface area contributed by atoms with Crippen LogP contribution >= 0.6 is 0 Å². The Morgan fingerprint density at radius 3 is 2.20 bits per heavy atom. The van der Waals surface area contributed by atoms with Crippen LogP contribution < -0.4 is 0 Å². The molecule has 0 aliphatic heterocycles. The van der Waals surface area contributed by atoms with E-state index in [1.807, 2.05) is 6.92 Å². The fourth-order valence-corrected chi connectivity index (χ4v) is 0.789. The maximum Gasteiger partial charge on any atom is 0.334 e. The number of esters is 1. The minimum absolute atomic E-state index is 0.273. The number of aliphatic hydroxyl groups is 2. The van der Waals surface area contributed by atoms with E-state index in [4.69, 9.17) is 5.11 Å². The molecular formula is C10H14O5. The Bertz CT molecular complexity index is 301. The Labute approximate surface area is 87.7 Å². The molecule has 0 rings (SSSR count). The van der Waals surface area contributed by atoms with Crippen LogP contribution in [0.15, 0.2) is 23.7 Å². The van der Waals surface area contributed by atoms with E-state index in [0.717, 1.165) is 13.2 Å². The van der Waals surface area contributed by atoms with Gasteiger partial charge in [-0.25, -0.2) is 4.79 Å². The van der Waals surface area contributed by atoms with E-state index in [-0.39, 0.29) is 12.2 Å². The average Bonchev–Trinajstić information content (AvgIpc) is 2.17. The smallest absolute Gasteiger partial charge is 0.334 e. The van der Waals surface area contributed by atoms with Crippen molar-refractivity contribution in [1.29, 1.82) is 0 Å². The quantitative estimate of drug-likeness (QED) is 0.313. The molecule has 0 aromatic heterocycles. The molecular weight excluding hydrogens is 200 g/mol. The van der Waals surface area contributed by atoms with E-state index in [1.165, 1.54) is 0 Å². The third-order valence-corrected chi connectivity index (χ3v) is 1.51. The van der Waals surface area contributed by atoms with Gasteiger partial charge in [0.2, 0.25) is 0 Å². The van der Waals surface area contributed by atoms with E-state index in [9.17, 15) is 14.7 Å². The van der Waals surface area contributed by atoms with E-state index < -0.39 is 17.5 Å². The summed E-state index contributed by atoms with van der Waals surface area (Å²) in [5.41, 5.74) is 0. The van der Waals surface area contributed by atoms with Crippen molar-refractivity contribution in [3.8, 4) is 0 Å². The number of carbonyl (C=O) groups excluding carboxylic acids is 2. The molecule has 0 saturated carbocycles. The van der Waals surface area contributed by atoms with Crippen molar-refractivity contribution in [2.75, 3.05) is 7.11 Å². The largest absolute Gasteiger partial charge is 0.504 e. The number of ketones is 1. The van der Waals surface area contributed by atoms with Gasteiger partial charge in [0.05, 0.1) is 13.2 Å². The Balaban J connectivity index is 4.56. The zero-order valence-corrected chi connectivity index (χ0v) is 8.69. The molecule has 0 aromatic carbocycles. The molecule has 0 unspecified atom stereocenters. The number of methoxy groups -OCH3 is 1. The van der Waals surface area contributed by atoms with Gasteiger partial charge in [0.25, 0.3) is 0 Å². The van der Waals surface area contributed by atoms with Crippen LogP contribution in [-0.2, 0) is 14.3 Å². The average molecular weight is 214 g/mol. The molecule has 0 atom stereocenters. The van der Waals surface area contributed by atoms with Crippen molar-refractivity contribution >= 4 is 11.8 Å². The molecule has 0 aromatic rings. The van der Waals surface area contributed by atoms with E-state index in [2.05, 4.69) is 4.74 Å². The summed E-state index contributed by atoms with van der Waals surface area (Å²) < 4.78 is 4.22. The van der Waals surface area contributed by atoms with Crippen LogP contribution in [0.2, 0.25) is 0 Å². The zero-order chi connectivity index (χ0) is 11.8. The second-order valence-corrected chi connectivity index (χ2v) is 2.80. The molecule has 5 nitrogen and oxygen atoms in total. The van der Waals surface area contributed by atoms with Gasteiger partial charge in [-0.2, -0.15) is 0 Å². The second-order valence-electron chi connectivity index (χ2n) is 2.80. The standard InChI is InChI=1S/C10H14O5/c1-3-4-7(11)5-8(12)9(13)6-10(14)15-2/h5-6,12-13H,3-4H2,1-2H3/b8-5-,9-6-. The predicted molar refractivity (Wildman–Crippen MR) is 53.4 cm³/mol. The van der Waals surface area contributed by atoms with Crippen LogP contribution in [0, 0.1) is 0 Å². The molecule has 0 amide bonds. The van der Waals surface area contributed by atoms with Gasteiger partial charge >= 0.3 is 5.97 Å². The van der Waals surface area contributed by atoms with Crippen molar-refractivity contribution in [3.63, 3.8) is 0 Å². The lowest BCUT2D eigenvalue weighted by Gasteiger charge is -1.98. The van der Waals surface area contributed by atoms with Crippen molar-refractivity contribution in [1.82, 2.24) is 0 Å². The van der Waals surface area contributed by atoms with Crippen LogP contribution in [-0.4, -0.2) is 29.1 Å². The lowest BCUT2D eigenvalue weighted by atomic mass is 10.2. The highest BCUT2D eigenvalue weighted by molar-refractivity contribution is 5.91. The first-order chi connectivity index (χ1) is 7.01. The summed E-state index contributed by atoms with van der Waals surface area (Å²) in [6, 6.07) is 0. The first-order valence-electron chi connectivity index (χ1n) is 4.43. The first-order valence-corrected chi connectivity index (χ1v) is 4.43. The molecule has 0 heterocycles. The van der Waals surface area contributed by atoms with Gasteiger partial charge in [-0.15, -0.1) is 0 Å². The molecule has 84 valence electrons. The van der Waals surface area contributed by atoms with Crippen LogP contribution in [0.5, 0.6) is 0 Å². The van der Waals surface area contributed by atoms with Gasteiger partial charge in [-0.05, 0) is 6.42 Å². The predicted octanol–water partition coefficient (Wildman–Crippen LogP) is 1.41. The second kappa shape index (κ2) is 6.64. The monoisotopic (exact) mass is 214 g/mol. The van der Waals surface area contributed by atoms with Gasteiger partial charge in [0.1, 0.15) is 0 Å². The molecule has 0 aliphatic rings. The van der Waals surface area contributed by atoms with Gasteiger partial charge in [0, 0.05) is 12.5 Å². The van der Waals surface area contributed by atoms with Crippen LogP contribution in [0.25, 0.3) is 0 Å². The highest BCUT2D eigenvalue weighted by atomic mass is 16.5. The first kappa shape index (κ1) is 13.2. The van der Waals surface area contributed by atoms with Gasteiger partial charge < -0.3 is 14.9 Å². The number of rotatable bonds is 5. The lowest BCUT2D eigenvalue weighted by Crippen LogP contribution is -2.01. The van der Waals surface area contributed by atoms with E-state index in [0.29, 0.717) is 12.5 Å². The molecule has 0 radical (unpaired) electrons. The molecule has 0 fully saturated rings. The highest BCUT2D eigenvalue weighted by Crippen LogP contribution is 2.04. The van der Waals surface area contributed by atoms with Gasteiger partial charge in [-0.1, -0.05) is 6.92 Å². The summed E-state index contributed by atoms with van der Waals surface area (Å²) >= 11 is 0. The molecule has 0 bridgehead atoms. The van der Waals surface area contributed by atoms with Crippen LogP contribution in [0.1, 0.15) is 19.8 Å². The number of hydrogen-bond donors (Lipinski definition) is 2. The van der Waals surface area contributed by atoms with Gasteiger partial charge in [0.15, 0.2) is 17.3 Å². The Kier molecular flexibility index (Phi) is 5.85. The van der Waals surface area contributed by atoms with Gasteiger partial charge in [-0.3, -0.25) is 4.79 Å². The summed E-state index contributed by atoms with van der Waals surface area (Å²) in [6.07, 6.45) is 2.48. The number of hydrogen-bond acceptors (Lipinski definition) is 5. The Hall–Kier alpha value is -1.78. The molecule has 15 heavy (non-hydrogen) atoms. The summed E-state index contributed by atoms with van der Waals surface area (Å²) in [4.78, 5) is 21.7. The Morgan fingerprint density at radius 2 is 1.73 bits per heavy atom. The van der Waals surface area contributed by atoms with Crippen molar-refractivity contribution < 1.29 is 24.5 Å². The van der Waals surface area contributed by atoms with Crippen LogP contribution in [0.3, 0.4) is 0 Å². The summed E-state index contributed by atoms with van der Waals surface area (Å²) in [6.45, 7) is 1.81. The van der Waals surface area contributed by atoms with Crippen molar-refractivity contribution in [2.24, 2.45) is 0 Å². The topological polar surface area (TPSA) is 83.8 Å². The zero-order valence-electron chi connectivity index (χ0n) is 8.69. The third-order valence-electron chi connectivity index (χ3n) is 1.51. The molecule has 5 heteroatoms. The van der Waals surface area contributed by atoms with Crippen molar-refractivity contribution in [2.45, 2.75) is 19.8 Å². The van der Waals surface area contributed by atoms with E-state index >= 15 is 0 Å². The molecule has 0 spiro atoms. The SMILES string of the molecule is CCCC(=O)/C=C(O)/C(O)=C/C(=O)OC. The molecule has 0 saturated heterocycles. The minimum atomic E-state index is -0.810. The highest BCUT2D eigenvalue weighted by Gasteiger charge is 2.06. The third kappa shape index (κ3) is 5.51. The van der Waals surface area contributed by atoms with Crippen LogP contribution in [0.4, 0.5) is 0 Å². The number of ether oxygens (including phenoxy) is 1. The van der Waals surface area contributed by atoms with E-state index in [1.54, 1.807) is 0 Å². The lowest BCUT2D eigenvalue weighted by molar-refractivity contribution is -0.135. The number of aliphatic hydroxyl groups excluding tert-OH is 2. The normalized spacial score (nSPS) is 12.4. The molecule has 0 aliphatic carbocycles. The Morgan fingerprint density at radius 1 is 1.20 bits per heavy atom. The maximum atomic E-state index is 11.0. The summed E-state index contributed by atoms with van der Waals surface area (Å²) in [5.74, 6) is -2.46. The number of carbonyl (C=O) groups is 2.